The Morgan fingerprint density at radius 2 is 2.13 bits per heavy atom. The Labute approximate surface area is 92.8 Å². The minimum Gasteiger partial charge on any atom is -0.469 e. The number of benzene rings is 1. The second kappa shape index (κ2) is 5.56. The van der Waals surface area contributed by atoms with Crippen LogP contribution in [0.2, 0.25) is 0 Å². The van der Waals surface area contributed by atoms with Crippen molar-refractivity contribution >= 4 is 23.5 Å². The Morgan fingerprint density at radius 1 is 1.40 bits per heavy atom. The predicted molar refractivity (Wildman–Crippen MR) is 59.2 cm³/mol. The SMILES string of the molecule is COC(=O)CC(=O)c1cccc(SC)c1. The molecular weight excluding hydrogens is 212 g/mol. The van der Waals surface area contributed by atoms with Crippen LogP contribution in [0, 0.1) is 0 Å². The molecule has 0 atom stereocenters. The average molecular weight is 224 g/mol. The van der Waals surface area contributed by atoms with E-state index in [1.807, 2.05) is 12.3 Å². The Bertz CT molecular complexity index is 374. The molecule has 0 spiro atoms. The number of Topliss-reactive ketones (excluding diaryl/α,β-unsaturated/α-hetero) is 1. The summed E-state index contributed by atoms with van der Waals surface area (Å²) in [6.45, 7) is 0. The number of hydrogen-bond acceptors (Lipinski definition) is 4. The summed E-state index contributed by atoms with van der Waals surface area (Å²) >= 11 is 1.56. The molecule has 0 aliphatic carbocycles. The van der Waals surface area contributed by atoms with Gasteiger partial charge < -0.3 is 4.74 Å². The largest absolute Gasteiger partial charge is 0.469 e. The summed E-state index contributed by atoms with van der Waals surface area (Å²) in [5, 5.41) is 0. The summed E-state index contributed by atoms with van der Waals surface area (Å²) in [7, 11) is 1.27. The smallest absolute Gasteiger partial charge is 0.313 e. The molecule has 80 valence electrons. The van der Waals surface area contributed by atoms with E-state index in [-0.39, 0.29) is 12.2 Å². The van der Waals surface area contributed by atoms with E-state index < -0.39 is 5.97 Å². The molecule has 1 aromatic rings. The zero-order valence-electron chi connectivity index (χ0n) is 8.65. The van der Waals surface area contributed by atoms with Crippen LogP contribution in [-0.4, -0.2) is 25.1 Å². The van der Waals surface area contributed by atoms with E-state index in [0.717, 1.165) is 4.90 Å². The van der Waals surface area contributed by atoms with Gasteiger partial charge in [0.05, 0.1) is 7.11 Å². The molecule has 0 amide bonds. The maximum atomic E-state index is 11.6. The van der Waals surface area contributed by atoms with Crippen molar-refractivity contribution in [3.8, 4) is 0 Å². The van der Waals surface area contributed by atoms with E-state index >= 15 is 0 Å². The first-order valence-corrected chi connectivity index (χ1v) is 5.64. The van der Waals surface area contributed by atoms with E-state index in [4.69, 9.17) is 0 Å². The molecule has 4 heteroatoms. The molecule has 15 heavy (non-hydrogen) atoms. The van der Waals surface area contributed by atoms with Gasteiger partial charge in [0.1, 0.15) is 6.42 Å². The van der Waals surface area contributed by atoms with E-state index in [2.05, 4.69) is 4.74 Å². The summed E-state index contributed by atoms with van der Waals surface area (Å²) in [5.41, 5.74) is 0.548. The molecule has 1 rings (SSSR count). The number of esters is 1. The fourth-order valence-corrected chi connectivity index (χ4v) is 1.56. The Morgan fingerprint density at radius 3 is 2.73 bits per heavy atom. The molecule has 0 radical (unpaired) electrons. The van der Waals surface area contributed by atoms with Crippen LogP contribution in [0.4, 0.5) is 0 Å². The molecule has 0 N–H and O–H groups in total. The number of methoxy groups -OCH3 is 1. The van der Waals surface area contributed by atoms with Crippen LogP contribution in [0.25, 0.3) is 0 Å². The third kappa shape index (κ3) is 3.40. The van der Waals surface area contributed by atoms with Gasteiger partial charge in [0.2, 0.25) is 0 Å². The first kappa shape index (κ1) is 11.8. The van der Waals surface area contributed by atoms with Crippen LogP contribution in [0.3, 0.4) is 0 Å². The quantitative estimate of drug-likeness (QED) is 0.340. The highest BCUT2D eigenvalue weighted by atomic mass is 32.2. The first-order chi connectivity index (χ1) is 7.17. The van der Waals surface area contributed by atoms with Crippen LogP contribution in [0.1, 0.15) is 16.8 Å². The lowest BCUT2D eigenvalue weighted by Crippen LogP contribution is -2.09. The van der Waals surface area contributed by atoms with Gasteiger partial charge in [-0.25, -0.2) is 0 Å². The fourth-order valence-electron chi connectivity index (χ4n) is 1.10. The molecule has 0 saturated heterocycles. The zero-order valence-corrected chi connectivity index (χ0v) is 9.47. The zero-order chi connectivity index (χ0) is 11.3. The maximum Gasteiger partial charge on any atom is 0.313 e. The number of hydrogen-bond donors (Lipinski definition) is 0. The van der Waals surface area contributed by atoms with Gasteiger partial charge in [0.15, 0.2) is 5.78 Å². The van der Waals surface area contributed by atoms with Gasteiger partial charge in [-0.05, 0) is 18.4 Å². The highest BCUT2D eigenvalue weighted by molar-refractivity contribution is 7.98. The minimum atomic E-state index is -0.505. The molecule has 1 aromatic carbocycles. The van der Waals surface area contributed by atoms with Crippen molar-refractivity contribution in [2.45, 2.75) is 11.3 Å². The maximum absolute atomic E-state index is 11.6. The third-order valence-corrected chi connectivity index (χ3v) is 2.65. The molecule has 3 nitrogen and oxygen atoms in total. The van der Waals surface area contributed by atoms with E-state index in [1.165, 1.54) is 7.11 Å². The van der Waals surface area contributed by atoms with Gasteiger partial charge >= 0.3 is 5.97 Å². The number of ether oxygens (including phenoxy) is 1. The highest BCUT2D eigenvalue weighted by Gasteiger charge is 2.11. The molecule has 0 fully saturated rings. The van der Waals surface area contributed by atoms with Crippen molar-refractivity contribution in [3.63, 3.8) is 0 Å². The van der Waals surface area contributed by atoms with Crippen molar-refractivity contribution < 1.29 is 14.3 Å². The lowest BCUT2D eigenvalue weighted by molar-refractivity contribution is -0.139. The third-order valence-electron chi connectivity index (χ3n) is 1.92. The summed E-state index contributed by atoms with van der Waals surface area (Å²) in [6, 6.07) is 7.19. The first-order valence-electron chi connectivity index (χ1n) is 4.41. The summed E-state index contributed by atoms with van der Waals surface area (Å²) in [6.07, 6.45) is 1.73. The summed E-state index contributed by atoms with van der Waals surface area (Å²) in [5.74, 6) is -0.715. The molecular formula is C11H12O3S. The van der Waals surface area contributed by atoms with E-state index in [1.54, 1.807) is 30.0 Å². The normalized spacial score (nSPS) is 9.73. The standard InChI is InChI=1S/C11H12O3S/c1-14-11(13)7-10(12)8-4-3-5-9(6-8)15-2/h3-6H,7H2,1-2H3. The molecule has 0 heterocycles. The number of rotatable bonds is 4. The molecule has 0 unspecified atom stereocenters. The summed E-state index contributed by atoms with van der Waals surface area (Å²) < 4.78 is 4.43. The van der Waals surface area contributed by atoms with Crippen LogP contribution in [0.5, 0.6) is 0 Å². The van der Waals surface area contributed by atoms with Crippen molar-refractivity contribution in [3.05, 3.63) is 29.8 Å². The van der Waals surface area contributed by atoms with Crippen LogP contribution >= 0.6 is 11.8 Å². The van der Waals surface area contributed by atoms with Crippen molar-refractivity contribution in [1.82, 2.24) is 0 Å². The molecule has 0 aliphatic rings. The summed E-state index contributed by atoms with van der Waals surface area (Å²) in [4.78, 5) is 23.5. The Kier molecular flexibility index (Phi) is 4.37. The molecule has 0 aromatic heterocycles. The minimum absolute atomic E-state index is 0.200. The van der Waals surface area contributed by atoms with Crippen LogP contribution in [-0.2, 0) is 9.53 Å². The van der Waals surface area contributed by atoms with Crippen LogP contribution < -0.4 is 0 Å². The van der Waals surface area contributed by atoms with Gasteiger partial charge in [0.25, 0.3) is 0 Å². The second-order valence-electron chi connectivity index (χ2n) is 2.91. The number of ketones is 1. The fraction of sp³-hybridized carbons (Fsp3) is 0.273. The van der Waals surface area contributed by atoms with Crippen molar-refractivity contribution in [2.24, 2.45) is 0 Å². The second-order valence-corrected chi connectivity index (χ2v) is 3.79. The van der Waals surface area contributed by atoms with Gasteiger partial charge in [0, 0.05) is 10.5 Å². The Balaban J connectivity index is 2.77. The van der Waals surface area contributed by atoms with E-state index in [0.29, 0.717) is 5.56 Å². The number of thioether (sulfide) groups is 1. The monoisotopic (exact) mass is 224 g/mol. The van der Waals surface area contributed by atoms with Crippen molar-refractivity contribution in [1.29, 1.82) is 0 Å². The lowest BCUT2D eigenvalue weighted by Gasteiger charge is -2.01. The van der Waals surface area contributed by atoms with Crippen LogP contribution in [0.15, 0.2) is 29.2 Å². The Hall–Kier alpha value is -1.29. The lowest BCUT2D eigenvalue weighted by atomic mass is 10.1. The van der Waals surface area contributed by atoms with Gasteiger partial charge in [-0.2, -0.15) is 0 Å². The molecule has 0 aliphatic heterocycles. The predicted octanol–water partition coefficient (Wildman–Crippen LogP) is 2.15. The van der Waals surface area contributed by atoms with Gasteiger partial charge in [-0.1, -0.05) is 12.1 Å². The average Bonchev–Trinajstić information content (AvgIpc) is 2.28. The number of carbonyl (C=O) groups excluding carboxylic acids is 2. The van der Waals surface area contributed by atoms with Gasteiger partial charge in [-0.15, -0.1) is 11.8 Å². The number of carbonyl (C=O) groups is 2. The van der Waals surface area contributed by atoms with Crippen molar-refractivity contribution in [2.75, 3.05) is 13.4 Å². The van der Waals surface area contributed by atoms with E-state index in [9.17, 15) is 9.59 Å². The highest BCUT2D eigenvalue weighted by Crippen LogP contribution is 2.16. The molecule has 0 bridgehead atoms. The molecule has 0 saturated carbocycles. The topological polar surface area (TPSA) is 43.4 Å². The van der Waals surface area contributed by atoms with Gasteiger partial charge in [-0.3, -0.25) is 9.59 Å².